The quantitative estimate of drug-likeness (QED) is 0.169. The molecule has 2 aliphatic heterocycles. The first kappa shape index (κ1) is 34.7. The molecule has 1 saturated heterocycles. The van der Waals surface area contributed by atoms with Crippen LogP contribution < -0.4 is 4.57 Å². The van der Waals surface area contributed by atoms with Crippen LogP contribution in [0, 0.1) is 13.8 Å². The molecule has 0 bridgehead atoms. The molecule has 5 aromatic carbocycles. The molecular weight excluding hydrogens is 683 g/mol. The van der Waals surface area contributed by atoms with E-state index in [1.165, 1.54) is 141 Å². The molecule has 0 atom stereocenters. The van der Waals surface area contributed by atoms with Crippen molar-refractivity contribution in [1.29, 1.82) is 0 Å². The second-order valence-electron chi connectivity index (χ2n) is 18.8. The van der Waals surface area contributed by atoms with Crippen molar-refractivity contribution < 1.29 is 4.57 Å². The van der Waals surface area contributed by atoms with E-state index in [0.717, 1.165) is 5.52 Å². The van der Waals surface area contributed by atoms with E-state index in [1.54, 1.807) is 0 Å². The van der Waals surface area contributed by atoms with Gasteiger partial charge in [0, 0.05) is 35.6 Å². The minimum atomic E-state index is -0.474. The fraction of sp³-hybridized carbons (Fsp3) is 0.412. The molecule has 284 valence electrons. The van der Waals surface area contributed by atoms with Gasteiger partial charge in [-0.3, -0.25) is 0 Å². The van der Waals surface area contributed by atoms with Crippen molar-refractivity contribution >= 4 is 43.5 Å². The lowest BCUT2D eigenvalue weighted by molar-refractivity contribution is -0.823. The van der Waals surface area contributed by atoms with Gasteiger partial charge in [0.05, 0.1) is 17.1 Å². The number of benzene rings is 5. The van der Waals surface area contributed by atoms with Crippen LogP contribution in [-0.2, 0) is 18.2 Å². The van der Waals surface area contributed by atoms with Gasteiger partial charge in [-0.05, 0) is 94.4 Å². The van der Waals surface area contributed by atoms with E-state index in [9.17, 15) is 0 Å². The summed E-state index contributed by atoms with van der Waals surface area (Å²) >= 11 is 0. The van der Waals surface area contributed by atoms with Gasteiger partial charge in [0.2, 0.25) is 5.52 Å². The van der Waals surface area contributed by atoms with Gasteiger partial charge < -0.3 is 4.57 Å². The van der Waals surface area contributed by atoms with Gasteiger partial charge in [-0.1, -0.05) is 138 Å². The fourth-order valence-electron chi connectivity index (χ4n) is 11.9. The molecule has 5 nitrogen and oxygen atoms in total. The van der Waals surface area contributed by atoms with Gasteiger partial charge >= 0.3 is 0 Å². The lowest BCUT2D eigenvalue weighted by atomic mass is 9.80. The minimum Gasteiger partial charge on any atom is -0.336 e. The van der Waals surface area contributed by atoms with Crippen LogP contribution in [0.1, 0.15) is 119 Å². The molecule has 0 N–H and O–H groups in total. The number of fused-ring (bicyclic) bond motifs is 13. The zero-order valence-corrected chi connectivity index (χ0v) is 34.2. The predicted molar refractivity (Wildman–Crippen MR) is 231 cm³/mol. The van der Waals surface area contributed by atoms with E-state index in [-0.39, 0.29) is 11.6 Å². The van der Waals surface area contributed by atoms with Crippen molar-refractivity contribution in [2.24, 2.45) is 7.05 Å². The first-order chi connectivity index (χ1) is 27.2. The highest BCUT2D eigenvalue weighted by molar-refractivity contribution is 6.20. The Morgan fingerprint density at radius 3 is 2.02 bits per heavy atom. The van der Waals surface area contributed by atoms with Crippen LogP contribution in [-0.4, -0.2) is 31.4 Å². The van der Waals surface area contributed by atoms with E-state index in [2.05, 4.69) is 152 Å². The normalized spacial score (nSPS) is 22.4. The average Bonchev–Trinajstić information content (AvgIpc) is 3.69. The minimum absolute atomic E-state index is 0.0671. The molecule has 2 aliphatic carbocycles. The van der Waals surface area contributed by atoms with Gasteiger partial charge in [-0.15, -0.1) is 0 Å². The summed E-state index contributed by atoms with van der Waals surface area (Å²) in [5, 5.41) is 6.57. The number of aromatic nitrogens is 3. The third-order valence-corrected chi connectivity index (χ3v) is 14.7. The molecule has 0 amide bonds. The van der Waals surface area contributed by atoms with Crippen molar-refractivity contribution in [3.8, 4) is 11.3 Å². The molecule has 56 heavy (non-hydrogen) atoms. The second-order valence-corrected chi connectivity index (χ2v) is 18.8. The molecule has 4 aliphatic rings. The number of nitrogens with zero attached hydrogens (tertiary/aromatic N) is 5. The largest absolute Gasteiger partial charge is 0.336 e. The van der Waals surface area contributed by atoms with Crippen LogP contribution in [0.15, 0.2) is 91.3 Å². The molecule has 2 saturated carbocycles. The van der Waals surface area contributed by atoms with Gasteiger partial charge in [-0.25, -0.2) is 9.80 Å². The van der Waals surface area contributed by atoms with E-state index in [4.69, 9.17) is 4.98 Å². The zero-order chi connectivity index (χ0) is 38.1. The van der Waals surface area contributed by atoms with Gasteiger partial charge in [0.25, 0.3) is 12.1 Å². The van der Waals surface area contributed by atoms with E-state index in [0.29, 0.717) is 12.1 Å². The summed E-state index contributed by atoms with van der Waals surface area (Å²) < 4.78 is 5.21. The number of hydrogen-bond donors (Lipinski definition) is 0. The molecule has 4 heterocycles. The SMILES string of the molecule is Cc1ccc2ccc3c4nc[n+]5c(c4n(C)c3c2c1C)-c1c(ccc2cc(C(C)(C)C)ccc12)C51N(C2CCCCC2)C(c2ccccc2)N1C1CCCCC1. The lowest BCUT2D eigenvalue weighted by Crippen LogP contribution is -2.86. The Kier molecular flexibility index (Phi) is 7.71. The lowest BCUT2D eigenvalue weighted by Gasteiger charge is -2.67. The molecular formula is C51H56N5+. The standard InChI is InChI=1S/C51H56N5/c1-32-22-23-34-24-27-41-45-48(53(6)46(41)43(34)33(32)2)47-44-40-28-26-37(50(3,4)5)30-36(40)25-29-42(44)51(54(47)31-52-45)55(38-18-12-8-13-19-38)49(35-16-10-7-11-17-35)56(51)39-20-14-9-15-21-39/h7,10-11,16-17,22-31,38-39,49H,8-9,12-15,18-21H2,1-6H3/q+1. The van der Waals surface area contributed by atoms with Crippen LogP contribution >= 0.6 is 0 Å². The first-order valence-electron chi connectivity index (χ1n) is 21.6. The van der Waals surface area contributed by atoms with Crippen LogP contribution in [0.25, 0.3) is 54.7 Å². The zero-order valence-electron chi connectivity index (χ0n) is 34.2. The van der Waals surface area contributed by atoms with Crippen molar-refractivity contribution in [3.05, 3.63) is 119 Å². The number of aryl methyl sites for hydroxylation is 3. The average molecular weight is 739 g/mol. The molecule has 5 heteroatoms. The van der Waals surface area contributed by atoms with E-state index >= 15 is 0 Å². The topological polar surface area (TPSA) is 28.2 Å². The maximum atomic E-state index is 5.59. The highest BCUT2D eigenvalue weighted by Crippen LogP contribution is 2.61. The van der Waals surface area contributed by atoms with E-state index < -0.39 is 5.79 Å². The number of hydrogen-bond acceptors (Lipinski definition) is 3. The van der Waals surface area contributed by atoms with E-state index in [1.807, 2.05) is 0 Å². The highest BCUT2D eigenvalue weighted by atomic mass is 15.7. The molecule has 2 aromatic heterocycles. The monoisotopic (exact) mass is 738 g/mol. The maximum Gasteiger partial charge on any atom is 0.290 e. The predicted octanol–water partition coefficient (Wildman–Crippen LogP) is 11.9. The summed E-state index contributed by atoms with van der Waals surface area (Å²) in [7, 11) is 2.31. The summed E-state index contributed by atoms with van der Waals surface area (Å²) in [4.78, 5) is 11.6. The molecule has 0 radical (unpaired) electrons. The Morgan fingerprint density at radius 1 is 0.696 bits per heavy atom. The van der Waals surface area contributed by atoms with Crippen molar-refractivity contribution in [2.75, 3.05) is 0 Å². The molecule has 0 unspecified atom stereocenters. The second kappa shape index (κ2) is 12.5. The van der Waals surface area contributed by atoms with Crippen LogP contribution in [0.5, 0.6) is 0 Å². The highest BCUT2D eigenvalue weighted by Gasteiger charge is 2.71. The fourth-order valence-corrected chi connectivity index (χ4v) is 11.9. The van der Waals surface area contributed by atoms with Gasteiger partial charge in [0.1, 0.15) is 5.52 Å². The maximum absolute atomic E-state index is 5.59. The van der Waals surface area contributed by atoms with Gasteiger partial charge in [0.15, 0.2) is 5.69 Å². The Bertz CT molecular complexity index is 2680. The van der Waals surface area contributed by atoms with Crippen LogP contribution in [0.2, 0.25) is 0 Å². The molecule has 1 spiro atoms. The summed E-state index contributed by atoms with van der Waals surface area (Å²) in [5.74, 6) is -0.474. The summed E-state index contributed by atoms with van der Waals surface area (Å²) in [6, 6.07) is 34.0. The smallest absolute Gasteiger partial charge is 0.290 e. The van der Waals surface area contributed by atoms with Crippen LogP contribution in [0.4, 0.5) is 0 Å². The first-order valence-corrected chi connectivity index (χ1v) is 21.6. The Hall–Kier alpha value is -4.58. The third-order valence-electron chi connectivity index (χ3n) is 14.7. The summed E-state index contributed by atoms with van der Waals surface area (Å²) in [6.07, 6.45) is 15.3. The summed E-state index contributed by atoms with van der Waals surface area (Å²) in [5.41, 5.74) is 13.4. The molecule has 11 rings (SSSR count). The number of rotatable bonds is 3. The third kappa shape index (κ3) is 4.62. The van der Waals surface area contributed by atoms with Crippen molar-refractivity contribution in [2.45, 2.75) is 128 Å². The van der Waals surface area contributed by atoms with Gasteiger partial charge in [-0.2, -0.15) is 4.57 Å². The van der Waals surface area contributed by atoms with Crippen molar-refractivity contribution in [3.63, 3.8) is 0 Å². The Labute approximate surface area is 332 Å². The Morgan fingerprint density at radius 2 is 1.34 bits per heavy atom. The van der Waals surface area contributed by atoms with Crippen molar-refractivity contribution in [1.82, 2.24) is 19.4 Å². The molecule has 7 aromatic rings. The van der Waals surface area contributed by atoms with Crippen LogP contribution in [0.3, 0.4) is 0 Å². The summed E-state index contributed by atoms with van der Waals surface area (Å²) in [6.45, 7) is 11.6. The Balaban J connectivity index is 1.29. The molecule has 3 fully saturated rings.